The first-order valence-corrected chi connectivity index (χ1v) is 7.37. The molecule has 102 valence electrons. The van der Waals surface area contributed by atoms with Crippen molar-refractivity contribution in [3.63, 3.8) is 0 Å². The quantitative estimate of drug-likeness (QED) is 0.545. The summed E-state index contributed by atoms with van der Waals surface area (Å²) in [5, 5.41) is 7.95. The Hall–Kier alpha value is -0.830. The molecule has 0 radical (unpaired) electrons. The van der Waals surface area contributed by atoms with Crippen LogP contribution in [0.15, 0.2) is 12.3 Å². The van der Waals surface area contributed by atoms with Gasteiger partial charge in [0.2, 0.25) is 0 Å². The van der Waals surface area contributed by atoms with E-state index in [4.69, 9.17) is 17.3 Å². The first kappa shape index (κ1) is 15.2. The van der Waals surface area contributed by atoms with E-state index in [1.807, 2.05) is 6.07 Å². The van der Waals surface area contributed by atoms with Crippen molar-refractivity contribution in [1.82, 2.24) is 10.2 Å². The van der Waals surface area contributed by atoms with Crippen molar-refractivity contribution in [3.8, 4) is 0 Å². The first-order valence-electron chi connectivity index (χ1n) is 6.94. The maximum absolute atomic E-state index is 6.24. The van der Waals surface area contributed by atoms with Gasteiger partial charge in [-0.2, -0.15) is 5.10 Å². The number of hydrogen-bond donors (Lipinski definition) is 1. The van der Waals surface area contributed by atoms with Crippen molar-refractivity contribution in [2.24, 2.45) is 0 Å². The zero-order chi connectivity index (χ0) is 13.2. The smallest absolute Gasteiger partial charge is 0.149 e. The van der Waals surface area contributed by atoms with E-state index in [9.17, 15) is 0 Å². The number of nitrogen functional groups attached to an aromatic ring is 1. The van der Waals surface area contributed by atoms with Crippen LogP contribution in [0, 0.1) is 0 Å². The number of unbranched alkanes of at least 4 members (excludes halogenated alkanes) is 3. The summed E-state index contributed by atoms with van der Waals surface area (Å²) < 4.78 is 0. The highest BCUT2D eigenvalue weighted by atomic mass is 35.5. The Morgan fingerprint density at radius 2 is 2.00 bits per heavy atom. The van der Waals surface area contributed by atoms with Gasteiger partial charge in [0, 0.05) is 5.38 Å². The molecule has 0 fully saturated rings. The highest BCUT2D eigenvalue weighted by Crippen LogP contribution is 2.17. The van der Waals surface area contributed by atoms with Crippen LogP contribution >= 0.6 is 11.6 Å². The van der Waals surface area contributed by atoms with Crippen LogP contribution in [0.1, 0.15) is 57.4 Å². The Morgan fingerprint density at radius 1 is 1.22 bits per heavy atom. The van der Waals surface area contributed by atoms with Crippen molar-refractivity contribution >= 4 is 17.4 Å². The predicted molar refractivity (Wildman–Crippen MR) is 77.8 cm³/mol. The highest BCUT2D eigenvalue weighted by molar-refractivity contribution is 6.20. The molecule has 0 aliphatic heterocycles. The summed E-state index contributed by atoms with van der Waals surface area (Å²) in [6.45, 7) is 2.21. The number of nitrogens with two attached hydrogens (primary N) is 1. The molecule has 1 aromatic rings. The number of anilines is 1. The molecule has 1 unspecified atom stereocenters. The van der Waals surface area contributed by atoms with Gasteiger partial charge in [-0.3, -0.25) is 0 Å². The lowest BCUT2D eigenvalue weighted by molar-refractivity contribution is 0.581. The molecule has 0 saturated carbocycles. The van der Waals surface area contributed by atoms with E-state index >= 15 is 0 Å². The summed E-state index contributed by atoms with van der Waals surface area (Å²) in [4.78, 5) is 0. The van der Waals surface area contributed by atoms with Crippen LogP contribution in [-0.2, 0) is 6.42 Å². The minimum absolute atomic E-state index is 0.359. The topological polar surface area (TPSA) is 51.8 Å². The summed E-state index contributed by atoms with van der Waals surface area (Å²) >= 11 is 6.24. The van der Waals surface area contributed by atoms with Gasteiger partial charge >= 0.3 is 0 Å². The molecular formula is C14H24ClN3. The molecule has 0 aromatic carbocycles. The fourth-order valence-electron chi connectivity index (χ4n) is 2.01. The van der Waals surface area contributed by atoms with Crippen LogP contribution in [-0.4, -0.2) is 15.6 Å². The summed E-state index contributed by atoms with van der Waals surface area (Å²) in [5.74, 6) is 0.565. The van der Waals surface area contributed by atoms with Crippen LogP contribution in [0.3, 0.4) is 0 Å². The molecule has 0 bridgehead atoms. The van der Waals surface area contributed by atoms with Gasteiger partial charge in [0.05, 0.1) is 6.20 Å². The fraction of sp³-hybridized carbons (Fsp3) is 0.714. The molecular weight excluding hydrogens is 246 g/mol. The van der Waals surface area contributed by atoms with Crippen LogP contribution in [0.4, 0.5) is 5.82 Å². The largest absolute Gasteiger partial charge is 0.382 e. The van der Waals surface area contributed by atoms with Gasteiger partial charge in [-0.05, 0) is 37.3 Å². The summed E-state index contributed by atoms with van der Waals surface area (Å²) in [7, 11) is 0. The summed E-state index contributed by atoms with van der Waals surface area (Å²) in [6, 6.07) is 1.95. The van der Waals surface area contributed by atoms with Crippen LogP contribution in [0.25, 0.3) is 0 Å². The SMILES string of the molecule is CCCCC(Cl)CCCCCc1ccnnc1N. The fourth-order valence-corrected chi connectivity index (χ4v) is 2.32. The Kier molecular flexibility index (Phi) is 7.74. The Morgan fingerprint density at radius 3 is 2.72 bits per heavy atom. The first-order chi connectivity index (χ1) is 8.74. The van der Waals surface area contributed by atoms with Crippen molar-refractivity contribution in [2.75, 3.05) is 5.73 Å². The third kappa shape index (κ3) is 6.20. The molecule has 1 heterocycles. The molecule has 0 aliphatic rings. The number of halogens is 1. The Bertz CT molecular complexity index is 331. The van der Waals surface area contributed by atoms with E-state index in [0.717, 1.165) is 31.2 Å². The third-order valence-electron chi connectivity index (χ3n) is 3.17. The van der Waals surface area contributed by atoms with E-state index in [-0.39, 0.29) is 0 Å². The molecule has 4 heteroatoms. The molecule has 0 aliphatic carbocycles. The van der Waals surface area contributed by atoms with Crippen molar-refractivity contribution < 1.29 is 0 Å². The minimum atomic E-state index is 0.359. The minimum Gasteiger partial charge on any atom is -0.382 e. The number of aromatic nitrogens is 2. The molecule has 0 spiro atoms. The lowest BCUT2D eigenvalue weighted by Crippen LogP contribution is -2.00. The van der Waals surface area contributed by atoms with Gasteiger partial charge < -0.3 is 5.73 Å². The summed E-state index contributed by atoms with van der Waals surface area (Å²) in [5.41, 5.74) is 6.85. The Labute approximate surface area is 115 Å². The second kappa shape index (κ2) is 9.15. The third-order valence-corrected chi connectivity index (χ3v) is 3.61. The van der Waals surface area contributed by atoms with Gasteiger partial charge in [0.15, 0.2) is 0 Å². The lowest BCUT2D eigenvalue weighted by Gasteiger charge is -2.08. The lowest BCUT2D eigenvalue weighted by atomic mass is 10.0. The number of aryl methyl sites for hydroxylation is 1. The monoisotopic (exact) mass is 269 g/mol. The highest BCUT2D eigenvalue weighted by Gasteiger charge is 2.04. The van der Waals surface area contributed by atoms with Gasteiger partial charge in [0.25, 0.3) is 0 Å². The number of rotatable bonds is 9. The average Bonchev–Trinajstić information content (AvgIpc) is 2.38. The van der Waals surface area contributed by atoms with E-state index in [1.165, 1.54) is 25.7 Å². The molecule has 0 saturated heterocycles. The molecule has 1 atom stereocenters. The summed E-state index contributed by atoms with van der Waals surface area (Å²) in [6.07, 6.45) is 11.0. The molecule has 1 aromatic heterocycles. The second-order valence-electron chi connectivity index (χ2n) is 4.78. The molecule has 2 N–H and O–H groups in total. The predicted octanol–water partition coefficient (Wildman–Crippen LogP) is 3.96. The van der Waals surface area contributed by atoms with E-state index < -0.39 is 0 Å². The van der Waals surface area contributed by atoms with E-state index in [1.54, 1.807) is 6.20 Å². The molecule has 3 nitrogen and oxygen atoms in total. The van der Waals surface area contributed by atoms with Crippen molar-refractivity contribution in [1.29, 1.82) is 0 Å². The normalized spacial score (nSPS) is 12.6. The number of alkyl halides is 1. The van der Waals surface area contributed by atoms with Gasteiger partial charge in [-0.25, -0.2) is 0 Å². The van der Waals surface area contributed by atoms with Crippen molar-refractivity contribution in [3.05, 3.63) is 17.8 Å². The molecule has 1 rings (SSSR count). The van der Waals surface area contributed by atoms with Gasteiger partial charge in [-0.1, -0.05) is 32.6 Å². The number of hydrogen-bond acceptors (Lipinski definition) is 3. The van der Waals surface area contributed by atoms with Gasteiger partial charge in [0.1, 0.15) is 5.82 Å². The molecule has 0 amide bonds. The maximum Gasteiger partial charge on any atom is 0.149 e. The van der Waals surface area contributed by atoms with E-state index in [0.29, 0.717) is 11.2 Å². The Balaban J connectivity index is 2.07. The zero-order valence-corrected chi connectivity index (χ0v) is 12.0. The maximum atomic E-state index is 6.24. The second-order valence-corrected chi connectivity index (χ2v) is 5.40. The van der Waals surface area contributed by atoms with Crippen molar-refractivity contribution in [2.45, 2.75) is 63.7 Å². The zero-order valence-electron chi connectivity index (χ0n) is 11.2. The standard InChI is InChI=1S/C14H24ClN3/c1-2-3-8-13(15)9-6-4-5-7-12-10-11-17-18-14(12)16/h10-11,13H,2-9H2,1H3,(H2,16,18). The van der Waals surface area contributed by atoms with Crippen LogP contribution in [0.5, 0.6) is 0 Å². The van der Waals surface area contributed by atoms with Crippen LogP contribution in [0.2, 0.25) is 0 Å². The molecule has 18 heavy (non-hydrogen) atoms. The van der Waals surface area contributed by atoms with Gasteiger partial charge in [-0.15, -0.1) is 16.7 Å². The number of nitrogens with zero attached hydrogens (tertiary/aromatic N) is 2. The van der Waals surface area contributed by atoms with Crippen LogP contribution < -0.4 is 5.73 Å². The average molecular weight is 270 g/mol. The van der Waals surface area contributed by atoms with E-state index in [2.05, 4.69) is 17.1 Å².